The smallest absolute Gasteiger partial charge is 0.387 e. The Bertz CT molecular complexity index is 857. The molecule has 0 amide bonds. The molecule has 0 aliphatic rings. The summed E-state index contributed by atoms with van der Waals surface area (Å²) < 4.78 is 47.4. The summed E-state index contributed by atoms with van der Waals surface area (Å²) in [5.41, 5.74) is 1.52. The molecule has 3 aromatic rings. The summed E-state index contributed by atoms with van der Waals surface area (Å²) in [6.07, 6.45) is 1.64. The van der Waals surface area contributed by atoms with Gasteiger partial charge in [0.05, 0.1) is 23.8 Å². The largest absolute Gasteiger partial charge is 0.497 e. The fourth-order valence-corrected chi connectivity index (χ4v) is 2.83. The van der Waals surface area contributed by atoms with Gasteiger partial charge in [0.15, 0.2) is 16.7 Å². The third kappa shape index (κ3) is 3.73. The predicted molar refractivity (Wildman–Crippen MR) is 83.0 cm³/mol. The van der Waals surface area contributed by atoms with Gasteiger partial charge in [0.2, 0.25) is 0 Å². The van der Waals surface area contributed by atoms with Gasteiger partial charge in [0.1, 0.15) is 5.75 Å². The van der Waals surface area contributed by atoms with E-state index in [4.69, 9.17) is 4.74 Å². The molecule has 2 heterocycles. The quantitative estimate of drug-likeness (QED) is 0.677. The topological polar surface area (TPSA) is 60.0 Å². The van der Waals surface area contributed by atoms with Crippen LogP contribution in [0.25, 0.3) is 11.0 Å². The van der Waals surface area contributed by atoms with E-state index < -0.39 is 18.2 Å². The highest BCUT2D eigenvalue weighted by atomic mass is 32.2. The zero-order chi connectivity index (χ0) is 17.1. The SMILES string of the molecule is COc1ccnc(CSc2nc3cc(OC(F)F)c(F)cc3[nH]2)c1. The Morgan fingerprint density at radius 3 is 2.88 bits per heavy atom. The Labute approximate surface area is 139 Å². The average Bonchev–Trinajstić information content (AvgIpc) is 2.94. The number of rotatable bonds is 6. The minimum Gasteiger partial charge on any atom is -0.497 e. The van der Waals surface area contributed by atoms with Crippen molar-refractivity contribution < 1.29 is 22.6 Å². The molecule has 2 aromatic heterocycles. The number of imidazole rings is 1. The van der Waals surface area contributed by atoms with Gasteiger partial charge in [0, 0.05) is 30.1 Å². The molecular formula is C15H12F3N3O2S. The normalized spacial score (nSPS) is 11.2. The first-order valence-corrected chi connectivity index (χ1v) is 7.79. The van der Waals surface area contributed by atoms with Crippen LogP contribution in [-0.4, -0.2) is 28.7 Å². The summed E-state index contributed by atoms with van der Waals surface area (Å²) >= 11 is 1.35. The molecule has 0 aliphatic heterocycles. The molecule has 1 aromatic carbocycles. The minimum atomic E-state index is -3.09. The molecule has 5 nitrogen and oxygen atoms in total. The third-order valence-corrected chi connectivity index (χ3v) is 4.02. The lowest BCUT2D eigenvalue weighted by Crippen LogP contribution is -2.03. The Balaban J connectivity index is 1.77. The molecule has 0 fully saturated rings. The van der Waals surface area contributed by atoms with Crippen LogP contribution in [0.3, 0.4) is 0 Å². The number of hydrogen-bond acceptors (Lipinski definition) is 5. The van der Waals surface area contributed by atoms with Crippen LogP contribution in [-0.2, 0) is 5.75 Å². The summed E-state index contributed by atoms with van der Waals surface area (Å²) in [6, 6.07) is 5.75. The first kappa shape index (κ1) is 16.4. The lowest BCUT2D eigenvalue weighted by atomic mass is 10.3. The maximum absolute atomic E-state index is 13.7. The second-order valence-corrected chi connectivity index (χ2v) is 5.66. The van der Waals surface area contributed by atoms with Crippen molar-refractivity contribution in [3.63, 3.8) is 0 Å². The first-order chi connectivity index (χ1) is 11.5. The lowest BCUT2D eigenvalue weighted by molar-refractivity contribution is -0.0520. The highest BCUT2D eigenvalue weighted by Gasteiger charge is 2.14. The number of nitrogens with zero attached hydrogens (tertiary/aromatic N) is 2. The number of benzene rings is 1. The van der Waals surface area contributed by atoms with E-state index in [-0.39, 0.29) is 0 Å². The average molecular weight is 355 g/mol. The van der Waals surface area contributed by atoms with Gasteiger partial charge >= 0.3 is 6.61 Å². The van der Waals surface area contributed by atoms with Crippen LogP contribution in [0.5, 0.6) is 11.5 Å². The van der Waals surface area contributed by atoms with Crippen molar-refractivity contribution in [2.24, 2.45) is 0 Å². The van der Waals surface area contributed by atoms with E-state index in [2.05, 4.69) is 19.7 Å². The molecule has 0 atom stereocenters. The Morgan fingerprint density at radius 1 is 1.29 bits per heavy atom. The molecular weight excluding hydrogens is 343 g/mol. The van der Waals surface area contributed by atoms with Crippen LogP contribution < -0.4 is 9.47 Å². The van der Waals surface area contributed by atoms with Gasteiger partial charge in [-0.15, -0.1) is 0 Å². The Hall–Kier alpha value is -2.42. The van der Waals surface area contributed by atoms with Gasteiger partial charge in [-0.1, -0.05) is 11.8 Å². The number of halogens is 3. The molecule has 0 saturated heterocycles. The minimum absolute atomic E-state index is 0.341. The number of ether oxygens (including phenoxy) is 2. The van der Waals surface area contributed by atoms with Crippen LogP contribution in [0, 0.1) is 5.82 Å². The van der Waals surface area contributed by atoms with Gasteiger partial charge < -0.3 is 14.5 Å². The zero-order valence-electron chi connectivity index (χ0n) is 12.4. The molecule has 0 saturated carbocycles. The highest BCUT2D eigenvalue weighted by molar-refractivity contribution is 7.98. The van der Waals surface area contributed by atoms with Crippen molar-refractivity contribution >= 4 is 22.8 Å². The maximum Gasteiger partial charge on any atom is 0.387 e. The lowest BCUT2D eigenvalue weighted by Gasteiger charge is -2.04. The monoisotopic (exact) mass is 355 g/mol. The number of nitrogens with one attached hydrogen (secondary N) is 1. The molecule has 24 heavy (non-hydrogen) atoms. The van der Waals surface area contributed by atoms with E-state index in [1.807, 2.05) is 0 Å². The Kier molecular flexibility index (Phi) is 4.79. The zero-order valence-corrected chi connectivity index (χ0v) is 13.2. The highest BCUT2D eigenvalue weighted by Crippen LogP contribution is 2.28. The van der Waals surface area contributed by atoms with Crippen molar-refractivity contribution in [1.82, 2.24) is 15.0 Å². The van der Waals surface area contributed by atoms with Crippen LogP contribution in [0.2, 0.25) is 0 Å². The van der Waals surface area contributed by atoms with Gasteiger partial charge in [-0.2, -0.15) is 8.78 Å². The maximum atomic E-state index is 13.7. The van der Waals surface area contributed by atoms with Crippen molar-refractivity contribution in [2.75, 3.05) is 7.11 Å². The number of H-pyrrole nitrogens is 1. The Morgan fingerprint density at radius 2 is 2.12 bits per heavy atom. The van der Waals surface area contributed by atoms with Gasteiger partial charge in [-0.05, 0) is 6.07 Å². The molecule has 0 spiro atoms. The van der Waals surface area contributed by atoms with Gasteiger partial charge in [-0.25, -0.2) is 9.37 Å². The number of aromatic amines is 1. The molecule has 0 aliphatic carbocycles. The second-order valence-electron chi connectivity index (χ2n) is 4.70. The van der Waals surface area contributed by atoms with Crippen LogP contribution in [0.15, 0.2) is 35.6 Å². The summed E-state index contributed by atoms with van der Waals surface area (Å²) in [5, 5.41) is 0.517. The van der Waals surface area contributed by atoms with E-state index in [0.717, 1.165) is 17.8 Å². The fraction of sp³-hybridized carbons (Fsp3) is 0.200. The summed E-state index contributed by atoms with van der Waals surface area (Å²) in [5.74, 6) is -0.201. The number of aromatic nitrogens is 3. The fourth-order valence-electron chi connectivity index (χ4n) is 2.05. The van der Waals surface area contributed by atoms with E-state index in [0.29, 0.717) is 27.7 Å². The number of fused-ring (bicyclic) bond motifs is 1. The van der Waals surface area contributed by atoms with Gasteiger partial charge in [0.25, 0.3) is 0 Å². The second kappa shape index (κ2) is 7.00. The summed E-state index contributed by atoms with van der Waals surface area (Å²) in [6.45, 7) is -3.09. The number of alkyl halides is 2. The number of pyridine rings is 1. The molecule has 1 N–H and O–H groups in total. The summed E-state index contributed by atoms with van der Waals surface area (Å²) in [4.78, 5) is 11.4. The number of thioether (sulfide) groups is 1. The van der Waals surface area contributed by atoms with Crippen molar-refractivity contribution in [3.8, 4) is 11.5 Å². The van der Waals surface area contributed by atoms with Crippen molar-refractivity contribution in [3.05, 3.63) is 42.0 Å². The third-order valence-electron chi connectivity index (χ3n) is 3.11. The molecule has 0 unspecified atom stereocenters. The molecule has 126 valence electrons. The molecule has 3 rings (SSSR count). The van der Waals surface area contributed by atoms with Crippen molar-refractivity contribution in [2.45, 2.75) is 17.5 Å². The predicted octanol–water partition coefficient (Wildman–Crippen LogP) is 4.00. The van der Waals surface area contributed by atoms with E-state index in [9.17, 15) is 13.2 Å². The molecule has 9 heteroatoms. The number of hydrogen-bond donors (Lipinski definition) is 1. The van der Waals surface area contributed by atoms with Crippen LogP contribution in [0.4, 0.5) is 13.2 Å². The number of methoxy groups -OCH3 is 1. The first-order valence-electron chi connectivity index (χ1n) is 6.81. The van der Waals surface area contributed by atoms with Gasteiger partial charge in [-0.3, -0.25) is 4.98 Å². The van der Waals surface area contributed by atoms with E-state index in [1.54, 1.807) is 25.4 Å². The van der Waals surface area contributed by atoms with Crippen molar-refractivity contribution in [1.29, 1.82) is 0 Å². The molecule has 0 bridgehead atoms. The molecule has 0 radical (unpaired) electrons. The summed E-state index contributed by atoms with van der Waals surface area (Å²) in [7, 11) is 1.57. The van der Waals surface area contributed by atoms with Crippen LogP contribution >= 0.6 is 11.8 Å². The standard InChI is InChI=1S/C15H12F3N3O2S/c1-22-9-2-3-19-8(4-9)7-24-15-20-11-5-10(16)13(23-14(17)18)6-12(11)21-15/h2-6,14H,7H2,1H3,(H,20,21). The van der Waals surface area contributed by atoms with E-state index >= 15 is 0 Å². The van der Waals surface area contributed by atoms with E-state index in [1.165, 1.54) is 11.8 Å². The van der Waals surface area contributed by atoms with Crippen LogP contribution in [0.1, 0.15) is 5.69 Å².